The second-order valence-corrected chi connectivity index (χ2v) is 10.6. The van der Waals surface area contributed by atoms with Gasteiger partial charge in [-0.25, -0.2) is 9.79 Å². The molecule has 8 heteroatoms. The van der Waals surface area contributed by atoms with Gasteiger partial charge in [0.15, 0.2) is 4.80 Å². The number of hydrogen-bond donors (Lipinski definition) is 1. The number of aromatic nitrogens is 1. The number of thiazole rings is 1. The Kier molecular flexibility index (Phi) is 6.84. The molecule has 4 aromatic carbocycles. The summed E-state index contributed by atoms with van der Waals surface area (Å²) >= 11 is 7.40. The van der Waals surface area contributed by atoms with Gasteiger partial charge in [-0.2, -0.15) is 0 Å². The normalized spacial score (nSPS) is 15.2. The zero-order chi connectivity index (χ0) is 27.8. The molecule has 6 rings (SSSR count). The van der Waals surface area contributed by atoms with E-state index in [9.17, 15) is 14.7 Å². The van der Waals surface area contributed by atoms with Crippen molar-refractivity contribution >= 4 is 51.5 Å². The van der Waals surface area contributed by atoms with E-state index >= 15 is 0 Å². The van der Waals surface area contributed by atoms with E-state index in [1.165, 1.54) is 15.9 Å². The first-order chi connectivity index (χ1) is 19.5. The highest BCUT2D eigenvalue weighted by Crippen LogP contribution is 2.35. The van der Waals surface area contributed by atoms with Crippen LogP contribution in [0.2, 0.25) is 5.02 Å². The predicted octanol–water partition coefficient (Wildman–Crippen LogP) is 5.45. The fourth-order valence-corrected chi connectivity index (χ4v) is 6.08. The second-order valence-electron chi connectivity index (χ2n) is 9.20. The van der Waals surface area contributed by atoms with Gasteiger partial charge in [0.1, 0.15) is 5.75 Å². The van der Waals surface area contributed by atoms with Gasteiger partial charge < -0.3 is 9.84 Å². The fourth-order valence-electron chi connectivity index (χ4n) is 4.97. The van der Waals surface area contributed by atoms with Gasteiger partial charge in [0.2, 0.25) is 0 Å². The molecule has 5 aromatic rings. The molecule has 0 saturated heterocycles. The summed E-state index contributed by atoms with van der Waals surface area (Å²) in [6.45, 7) is 1.91. The third-order valence-electron chi connectivity index (χ3n) is 6.78. The van der Waals surface area contributed by atoms with Crippen molar-refractivity contribution in [1.82, 2.24) is 4.57 Å². The summed E-state index contributed by atoms with van der Waals surface area (Å²) < 4.78 is 7.40. The fraction of sp³-hybridized carbons (Fsp3) is 0.0938. The lowest BCUT2D eigenvalue weighted by Crippen LogP contribution is -2.40. The molecule has 0 unspecified atom stereocenters. The third-order valence-corrected chi connectivity index (χ3v) is 8.02. The maximum atomic E-state index is 14.1. The van der Waals surface area contributed by atoms with Crippen LogP contribution in [0.5, 0.6) is 5.75 Å². The third kappa shape index (κ3) is 4.53. The van der Waals surface area contributed by atoms with Gasteiger partial charge in [0, 0.05) is 16.1 Å². The number of fused-ring (bicyclic) bond motifs is 2. The molecule has 198 valence electrons. The lowest BCUT2D eigenvalue weighted by Gasteiger charge is -2.25. The van der Waals surface area contributed by atoms with Gasteiger partial charge in [-0.05, 0) is 47.5 Å². The largest absolute Gasteiger partial charge is 0.507 e. The molecule has 0 amide bonds. The highest BCUT2D eigenvalue weighted by molar-refractivity contribution is 7.07. The summed E-state index contributed by atoms with van der Waals surface area (Å²) in [5.41, 5.74) is 2.34. The predicted molar refractivity (Wildman–Crippen MR) is 158 cm³/mol. The van der Waals surface area contributed by atoms with Crippen LogP contribution in [0.3, 0.4) is 0 Å². The van der Waals surface area contributed by atoms with Crippen molar-refractivity contribution in [3.8, 4) is 5.75 Å². The van der Waals surface area contributed by atoms with Gasteiger partial charge in [-0.3, -0.25) is 9.36 Å². The molecular weight excluding hydrogens is 544 g/mol. The quantitative estimate of drug-likeness (QED) is 0.287. The average Bonchev–Trinajstić information content (AvgIpc) is 3.29. The smallest absolute Gasteiger partial charge is 0.338 e. The molecule has 0 radical (unpaired) electrons. The number of benzene rings is 4. The minimum absolute atomic E-state index is 0.0657. The number of rotatable bonds is 5. The van der Waals surface area contributed by atoms with Gasteiger partial charge in [-0.15, -0.1) is 0 Å². The van der Waals surface area contributed by atoms with Gasteiger partial charge in [-0.1, -0.05) is 95.7 Å². The number of phenolic OH excluding ortho intramolecular Hbond substituents is 1. The van der Waals surface area contributed by atoms with Gasteiger partial charge in [0.05, 0.1) is 28.5 Å². The van der Waals surface area contributed by atoms with Crippen LogP contribution in [-0.4, -0.2) is 22.2 Å². The summed E-state index contributed by atoms with van der Waals surface area (Å²) in [5, 5.41) is 13.0. The Morgan fingerprint density at radius 1 is 1.02 bits per heavy atom. The number of ether oxygens (including phenoxy) is 1. The molecule has 0 fully saturated rings. The second kappa shape index (κ2) is 10.6. The number of halogens is 1. The van der Waals surface area contributed by atoms with Crippen LogP contribution in [-0.2, 0) is 9.53 Å². The van der Waals surface area contributed by atoms with Crippen LogP contribution in [0.4, 0.5) is 0 Å². The zero-order valence-electron chi connectivity index (χ0n) is 21.4. The molecule has 1 atom stereocenters. The number of phenols is 1. The van der Waals surface area contributed by atoms with Gasteiger partial charge in [0.25, 0.3) is 5.56 Å². The van der Waals surface area contributed by atoms with Crippen molar-refractivity contribution < 1.29 is 14.6 Å². The Morgan fingerprint density at radius 3 is 2.50 bits per heavy atom. The number of carbonyl (C=O) groups is 1. The molecule has 1 aliphatic heterocycles. The first kappa shape index (κ1) is 25.8. The Bertz CT molecular complexity index is 1980. The molecule has 2 heterocycles. The van der Waals surface area contributed by atoms with Crippen LogP contribution in [0.15, 0.2) is 106 Å². The van der Waals surface area contributed by atoms with E-state index in [-0.39, 0.29) is 23.5 Å². The minimum Gasteiger partial charge on any atom is -0.507 e. The molecule has 0 aliphatic carbocycles. The zero-order valence-corrected chi connectivity index (χ0v) is 22.9. The molecule has 0 spiro atoms. The summed E-state index contributed by atoms with van der Waals surface area (Å²) in [6, 6.07) is 26.8. The monoisotopic (exact) mass is 566 g/mol. The number of carbonyl (C=O) groups excluding carboxylic acids is 1. The van der Waals surface area contributed by atoms with Crippen molar-refractivity contribution in [3.63, 3.8) is 0 Å². The maximum Gasteiger partial charge on any atom is 0.338 e. The summed E-state index contributed by atoms with van der Waals surface area (Å²) in [5.74, 6) is -0.484. The number of esters is 1. The standard InChI is InChI=1S/C32H23ClN2O4S/c1-2-39-31(38)27-28(20-9-4-3-5-10-20)34-32-35(29(27)21-12-15-22(33)16-13-21)30(37)26(40-32)18-24-23-11-7-6-8-19(23)14-17-25(24)36/h3-18,29,36H,2H2,1H3/b26-18-/t29-/m0/s1. The van der Waals surface area contributed by atoms with Crippen molar-refractivity contribution in [1.29, 1.82) is 0 Å². The van der Waals surface area contributed by atoms with Crippen molar-refractivity contribution in [2.45, 2.75) is 13.0 Å². The minimum atomic E-state index is -0.800. The Labute approximate surface area is 238 Å². The highest BCUT2D eigenvalue weighted by atomic mass is 35.5. The van der Waals surface area contributed by atoms with Gasteiger partial charge >= 0.3 is 5.97 Å². The molecular formula is C32H23ClN2O4S. The maximum absolute atomic E-state index is 14.1. The van der Waals surface area contributed by atoms with Crippen LogP contribution >= 0.6 is 22.9 Å². The summed E-state index contributed by atoms with van der Waals surface area (Å²) in [4.78, 5) is 32.9. The van der Waals surface area contributed by atoms with E-state index in [1.807, 2.05) is 60.7 Å². The molecule has 1 aliphatic rings. The Hall–Kier alpha value is -4.46. The van der Waals surface area contributed by atoms with Crippen LogP contribution in [0, 0.1) is 0 Å². The lowest BCUT2D eigenvalue weighted by atomic mass is 9.93. The first-order valence-corrected chi connectivity index (χ1v) is 13.9. The molecule has 1 aromatic heterocycles. The van der Waals surface area contributed by atoms with E-state index in [0.29, 0.717) is 31.2 Å². The van der Waals surface area contributed by atoms with Crippen LogP contribution in [0.25, 0.3) is 22.5 Å². The van der Waals surface area contributed by atoms with Crippen molar-refractivity contribution in [3.05, 3.63) is 138 Å². The SMILES string of the molecule is CCOC(=O)C1=C(c2ccccc2)N=c2s/c(=C\c3c(O)ccc4ccccc34)c(=O)n2[C@H]1c1ccc(Cl)cc1. The molecule has 0 bridgehead atoms. The number of nitrogens with zero attached hydrogens (tertiary/aromatic N) is 2. The first-order valence-electron chi connectivity index (χ1n) is 12.7. The Morgan fingerprint density at radius 2 is 1.75 bits per heavy atom. The summed E-state index contributed by atoms with van der Waals surface area (Å²) in [6.07, 6.45) is 1.69. The van der Waals surface area contributed by atoms with E-state index in [4.69, 9.17) is 21.3 Å². The topological polar surface area (TPSA) is 80.9 Å². The van der Waals surface area contributed by atoms with Crippen molar-refractivity contribution in [2.24, 2.45) is 4.99 Å². The molecule has 1 N–H and O–H groups in total. The molecule has 0 saturated carbocycles. The molecule has 40 heavy (non-hydrogen) atoms. The van der Waals surface area contributed by atoms with E-state index in [1.54, 1.807) is 43.3 Å². The van der Waals surface area contributed by atoms with E-state index in [0.717, 1.165) is 16.3 Å². The number of hydrogen-bond acceptors (Lipinski definition) is 6. The average molecular weight is 567 g/mol. The lowest BCUT2D eigenvalue weighted by molar-refractivity contribution is -0.138. The summed E-state index contributed by atoms with van der Waals surface area (Å²) in [7, 11) is 0. The van der Waals surface area contributed by atoms with E-state index in [2.05, 4.69) is 0 Å². The highest BCUT2D eigenvalue weighted by Gasteiger charge is 2.35. The van der Waals surface area contributed by atoms with E-state index < -0.39 is 12.0 Å². The van der Waals surface area contributed by atoms with Crippen molar-refractivity contribution in [2.75, 3.05) is 6.61 Å². The number of aromatic hydroxyl groups is 1. The Balaban J connectivity index is 1.67. The van der Waals surface area contributed by atoms with Crippen LogP contribution < -0.4 is 14.9 Å². The molecule has 6 nitrogen and oxygen atoms in total. The van der Waals surface area contributed by atoms with Crippen LogP contribution in [0.1, 0.15) is 29.7 Å².